The summed E-state index contributed by atoms with van der Waals surface area (Å²) in [6.45, 7) is 5.53. The fourth-order valence-electron chi connectivity index (χ4n) is 2.04. The summed E-state index contributed by atoms with van der Waals surface area (Å²) < 4.78 is 5.62. The number of hydrogen-bond donors (Lipinski definition) is 0. The maximum absolute atomic E-state index is 10.5. The lowest BCUT2D eigenvalue weighted by Gasteiger charge is -2.35. The Hall–Kier alpha value is -1.69. The Balaban J connectivity index is 2.14. The van der Waals surface area contributed by atoms with Gasteiger partial charge in [0.05, 0.1) is 17.1 Å². The summed E-state index contributed by atoms with van der Waals surface area (Å²) >= 11 is 0. The van der Waals surface area contributed by atoms with E-state index in [1.165, 1.54) is 12.3 Å². The molecule has 2 atom stereocenters. The van der Waals surface area contributed by atoms with Crippen molar-refractivity contribution in [2.75, 3.05) is 18.0 Å². The molecular formula is C11H15N3O3. The van der Waals surface area contributed by atoms with Crippen LogP contribution in [0.25, 0.3) is 0 Å². The Morgan fingerprint density at radius 1 is 1.41 bits per heavy atom. The van der Waals surface area contributed by atoms with Crippen LogP contribution in [0.3, 0.4) is 0 Å². The van der Waals surface area contributed by atoms with Gasteiger partial charge in [0.15, 0.2) is 0 Å². The van der Waals surface area contributed by atoms with Gasteiger partial charge in [0.25, 0.3) is 5.69 Å². The Morgan fingerprint density at radius 2 is 2.06 bits per heavy atom. The zero-order valence-electron chi connectivity index (χ0n) is 9.87. The van der Waals surface area contributed by atoms with Gasteiger partial charge in [0.2, 0.25) is 0 Å². The van der Waals surface area contributed by atoms with Crippen molar-refractivity contribution in [1.82, 2.24) is 4.98 Å². The van der Waals surface area contributed by atoms with Crippen molar-refractivity contribution in [2.45, 2.75) is 26.1 Å². The number of ether oxygens (including phenoxy) is 1. The summed E-state index contributed by atoms with van der Waals surface area (Å²) in [5.41, 5.74) is 0.0168. The van der Waals surface area contributed by atoms with Gasteiger partial charge >= 0.3 is 0 Å². The first-order valence-electron chi connectivity index (χ1n) is 5.57. The average molecular weight is 237 g/mol. The first-order chi connectivity index (χ1) is 8.06. The zero-order chi connectivity index (χ0) is 12.4. The van der Waals surface area contributed by atoms with Crippen LogP contribution in [0.1, 0.15) is 13.8 Å². The van der Waals surface area contributed by atoms with E-state index in [0.29, 0.717) is 0 Å². The molecular weight excluding hydrogens is 222 g/mol. The summed E-state index contributed by atoms with van der Waals surface area (Å²) in [6.07, 6.45) is 1.59. The van der Waals surface area contributed by atoms with Crippen LogP contribution in [0.4, 0.5) is 11.5 Å². The van der Waals surface area contributed by atoms with E-state index in [0.717, 1.165) is 18.9 Å². The number of nitrogens with zero attached hydrogens (tertiary/aromatic N) is 3. The molecule has 0 bridgehead atoms. The lowest BCUT2D eigenvalue weighted by molar-refractivity contribution is -0.385. The molecule has 0 unspecified atom stereocenters. The van der Waals surface area contributed by atoms with Crippen LogP contribution in [0.15, 0.2) is 18.3 Å². The number of anilines is 1. The van der Waals surface area contributed by atoms with Crippen LogP contribution in [0.5, 0.6) is 0 Å². The Labute approximate surface area is 99.4 Å². The highest BCUT2D eigenvalue weighted by Gasteiger charge is 2.23. The Bertz CT molecular complexity index is 397. The van der Waals surface area contributed by atoms with Gasteiger partial charge in [-0.25, -0.2) is 4.98 Å². The quantitative estimate of drug-likeness (QED) is 0.577. The fourth-order valence-corrected chi connectivity index (χ4v) is 2.04. The first-order valence-corrected chi connectivity index (χ1v) is 5.57. The molecule has 17 heavy (non-hydrogen) atoms. The Kier molecular flexibility index (Phi) is 3.23. The highest BCUT2D eigenvalue weighted by molar-refractivity contribution is 5.43. The average Bonchev–Trinajstić information content (AvgIpc) is 2.28. The summed E-state index contributed by atoms with van der Waals surface area (Å²) in [4.78, 5) is 16.3. The zero-order valence-corrected chi connectivity index (χ0v) is 9.87. The maximum Gasteiger partial charge on any atom is 0.287 e. The fraction of sp³-hybridized carbons (Fsp3) is 0.545. The van der Waals surface area contributed by atoms with Crippen molar-refractivity contribution in [2.24, 2.45) is 0 Å². The third kappa shape index (κ3) is 2.71. The first kappa shape index (κ1) is 11.8. The molecule has 92 valence electrons. The number of rotatable bonds is 2. The van der Waals surface area contributed by atoms with E-state index in [-0.39, 0.29) is 17.9 Å². The van der Waals surface area contributed by atoms with Gasteiger partial charge in [-0.3, -0.25) is 10.1 Å². The van der Waals surface area contributed by atoms with Gasteiger partial charge < -0.3 is 9.64 Å². The van der Waals surface area contributed by atoms with E-state index in [1.54, 1.807) is 6.07 Å². The summed E-state index contributed by atoms with van der Waals surface area (Å²) in [5.74, 6) is 0.762. The second-order valence-corrected chi connectivity index (χ2v) is 4.29. The van der Waals surface area contributed by atoms with Gasteiger partial charge in [-0.05, 0) is 19.9 Å². The molecule has 0 spiro atoms. The number of pyridine rings is 1. The maximum atomic E-state index is 10.5. The predicted molar refractivity (Wildman–Crippen MR) is 63.1 cm³/mol. The van der Waals surface area contributed by atoms with E-state index in [4.69, 9.17) is 4.74 Å². The van der Waals surface area contributed by atoms with E-state index < -0.39 is 4.92 Å². The third-order valence-corrected chi connectivity index (χ3v) is 2.69. The number of hydrogen-bond acceptors (Lipinski definition) is 5. The van der Waals surface area contributed by atoms with Gasteiger partial charge in [-0.2, -0.15) is 0 Å². The highest BCUT2D eigenvalue weighted by atomic mass is 16.6. The second kappa shape index (κ2) is 4.67. The van der Waals surface area contributed by atoms with Crippen molar-refractivity contribution in [3.05, 3.63) is 28.4 Å². The molecule has 1 saturated heterocycles. The summed E-state index contributed by atoms with van der Waals surface area (Å²) in [7, 11) is 0. The third-order valence-electron chi connectivity index (χ3n) is 2.69. The second-order valence-electron chi connectivity index (χ2n) is 4.29. The van der Waals surface area contributed by atoms with Crippen LogP contribution < -0.4 is 4.90 Å². The van der Waals surface area contributed by atoms with E-state index >= 15 is 0 Å². The van der Waals surface area contributed by atoms with Crippen molar-refractivity contribution in [3.8, 4) is 0 Å². The van der Waals surface area contributed by atoms with Crippen molar-refractivity contribution in [1.29, 1.82) is 0 Å². The molecule has 0 N–H and O–H groups in total. The molecule has 0 aromatic carbocycles. The minimum Gasteiger partial charge on any atom is -0.372 e. The van der Waals surface area contributed by atoms with Crippen molar-refractivity contribution >= 4 is 11.5 Å². The summed E-state index contributed by atoms with van der Waals surface area (Å²) in [6, 6.07) is 3.16. The molecule has 1 aliphatic rings. The van der Waals surface area contributed by atoms with Gasteiger partial charge in [0, 0.05) is 19.2 Å². The molecule has 0 radical (unpaired) electrons. The van der Waals surface area contributed by atoms with Crippen molar-refractivity contribution < 1.29 is 9.66 Å². The van der Waals surface area contributed by atoms with Crippen LogP contribution in [-0.4, -0.2) is 35.2 Å². The molecule has 6 nitrogen and oxygen atoms in total. The summed E-state index contributed by atoms with van der Waals surface area (Å²) in [5, 5.41) is 10.5. The van der Waals surface area contributed by atoms with E-state index in [9.17, 15) is 10.1 Å². The number of nitro groups is 1. The van der Waals surface area contributed by atoms with Gasteiger partial charge in [-0.15, -0.1) is 0 Å². The molecule has 1 aliphatic heterocycles. The lowest BCUT2D eigenvalue weighted by atomic mass is 10.2. The molecule has 1 fully saturated rings. The predicted octanol–water partition coefficient (Wildman–Crippen LogP) is 1.60. The number of morpholine rings is 1. The molecule has 2 rings (SSSR count). The Morgan fingerprint density at radius 3 is 2.53 bits per heavy atom. The topological polar surface area (TPSA) is 68.5 Å². The smallest absolute Gasteiger partial charge is 0.287 e. The minimum absolute atomic E-state index is 0.0168. The van der Waals surface area contributed by atoms with E-state index in [1.807, 2.05) is 13.8 Å². The molecule has 2 heterocycles. The van der Waals surface area contributed by atoms with Crippen LogP contribution in [0.2, 0.25) is 0 Å². The van der Waals surface area contributed by atoms with Crippen LogP contribution in [-0.2, 0) is 4.74 Å². The highest BCUT2D eigenvalue weighted by Crippen LogP contribution is 2.20. The SMILES string of the molecule is C[C@H]1CN(c2ccc([N+](=O)[O-])cn2)C[C@H](C)O1. The molecule has 1 aromatic rings. The molecule has 0 aliphatic carbocycles. The molecule has 0 amide bonds. The normalized spacial score (nSPS) is 24.7. The monoisotopic (exact) mass is 237 g/mol. The standard InChI is InChI=1S/C11H15N3O3/c1-8-6-13(7-9(2)17-8)11-4-3-10(5-12-11)14(15)16/h3-5,8-9H,6-7H2,1-2H3/t8-,9-/m0/s1. The molecule has 0 saturated carbocycles. The van der Waals surface area contributed by atoms with Gasteiger partial charge in [-0.1, -0.05) is 0 Å². The van der Waals surface area contributed by atoms with Crippen LogP contribution in [0, 0.1) is 10.1 Å². The molecule has 6 heteroatoms. The largest absolute Gasteiger partial charge is 0.372 e. The van der Waals surface area contributed by atoms with E-state index in [2.05, 4.69) is 9.88 Å². The van der Waals surface area contributed by atoms with Gasteiger partial charge in [0.1, 0.15) is 12.0 Å². The lowest BCUT2D eigenvalue weighted by Crippen LogP contribution is -2.45. The molecule has 1 aromatic heterocycles. The number of aromatic nitrogens is 1. The van der Waals surface area contributed by atoms with Crippen LogP contribution >= 0.6 is 0 Å². The minimum atomic E-state index is -0.443. The van der Waals surface area contributed by atoms with Crippen molar-refractivity contribution in [3.63, 3.8) is 0 Å².